The third kappa shape index (κ3) is 2.07. The van der Waals surface area contributed by atoms with Gasteiger partial charge in [-0.25, -0.2) is 0 Å². The van der Waals surface area contributed by atoms with Gasteiger partial charge in [-0.15, -0.1) is 0 Å². The lowest BCUT2D eigenvalue weighted by Crippen LogP contribution is -2.69. The fourth-order valence-corrected chi connectivity index (χ4v) is 5.40. The third-order valence-electron chi connectivity index (χ3n) is 6.58. The second-order valence-electron chi connectivity index (χ2n) is 7.90. The molecule has 1 spiro atoms. The van der Waals surface area contributed by atoms with Crippen LogP contribution in [0.1, 0.15) is 53.7 Å². The molecule has 5 rings (SSSR count). The largest absolute Gasteiger partial charge is 0.502 e. The molecule has 2 unspecified atom stereocenters. The fraction of sp³-hybridized carbons (Fsp3) is 0.429. The smallest absolute Gasteiger partial charge is 0.277 e. The standard InChI is InChI=1S/C21H23N3O3/c1-22-17-9-5-12-21(11-4-7-14-6-2-3-8-15(14)21)24(17)23-13-10-16(25)19(26)18(23)20(22)27/h2-3,6,8,10,13,17,26H,4-5,7,9,11-12H2,1H3. The van der Waals surface area contributed by atoms with Crippen molar-refractivity contribution >= 4 is 5.91 Å². The molecule has 1 aliphatic carbocycles. The number of pyridine rings is 1. The van der Waals surface area contributed by atoms with Gasteiger partial charge in [-0.3, -0.25) is 19.3 Å². The average Bonchev–Trinajstić information content (AvgIpc) is 2.69. The van der Waals surface area contributed by atoms with Crippen LogP contribution in [0.4, 0.5) is 0 Å². The second kappa shape index (κ2) is 5.62. The highest BCUT2D eigenvalue weighted by Crippen LogP contribution is 2.48. The first kappa shape index (κ1) is 16.4. The summed E-state index contributed by atoms with van der Waals surface area (Å²) in [5, 5.41) is 12.7. The van der Waals surface area contributed by atoms with E-state index in [4.69, 9.17) is 0 Å². The molecule has 3 heterocycles. The maximum absolute atomic E-state index is 12.9. The summed E-state index contributed by atoms with van der Waals surface area (Å²) in [5.41, 5.74) is 1.99. The van der Waals surface area contributed by atoms with E-state index in [1.807, 2.05) is 0 Å². The van der Waals surface area contributed by atoms with Crippen LogP contribution in [0.5, 0.6) is 5.75 Å². The van der Waals surface area contributed by atoms with Gasteiger partial charge in [0.2, 0.25) is 5.43 Å². The van der Waals surface area contributed by atoms with Gasteiger partial charge in [0, 0.05) is 19.3 Å². The summed E-state index contributed by atoms with van der Waals surface area (Å²) in [7, 11) is 1.77. The van der Waals surface area contributed by atoms with Crippen molar-refractivity contribution in [3.8, 4) is 5.75 Å². The highest BCUT2D eigenvalue weighted by Gasteiger charge is 2.52. The molecular weight excluding hydrogens is 342 g/mol. The van der Waals surface area contributed by atoms with E-state index < -0.39 is 11.2 Å². The molecule has 2 aromatic rings. The number of benzene rings is 1. The Morgan fingerprint density at radius 1 is 1.11 bits per heavy atom. The number of fused-ring (bicyclic) bond motifs is 6. The molecule has 2 aliphatic heterocycles. The number of aromatic nitrogens is 1. The number of aromatic hydroxyl groups is 1. The van der Waals surface area contributed by atoms with Crippen molar-refractivity contribution in [1.29, 1.82) is 0 Å². The maximum atomic E-state index is 12.9. The van der Waals surface area contributed by atoms with E-state index in [2.05, 4.69) is 29.3 Å². The van der Waals surface area contributed by atoms with E-state index in [0.717, 1.165) is 38.5 Å². The lowest BCUT2D eigenvalue weighted by atomic mass is 9.71. The number of rotatable bonds is 0. The minimum absolute atomic E-state index is 0.0746. The normalized spacial score (nSPS) is 26.6. The van der Waals surface area contributed by atoms with E-state index in [1.54, 1.807) is 22.8 Å². The second-order valence-corrected chi connectivity index (χ2v) is 7.90. The minimum Gasteiger partial charge on any atom is -0.502 e. The Kier molecular flexibility index (Phi) is 3.41. The Bertz CT molecular complexity index is 998. The monoisotopic (exact) mass is 365 g/mol. The van der Waals surface area contributed by atoms with Crippen molar-refractivity contribution in [3.05, 3.63) is 63.6 Å². The van der Waals surface area contributed by atoms with Gasteiger partial charge >= 0.3 is 0 Å². The molecule has 1 N–H and O–H groups in total. The first-order chi connectivity index (χ1) is 13.0. The molecule has 0 radical (unpaired) electrons. The molecule has 0 bridgehead atoms. The third-order valence-corrected chi connectivity index (χ3v) is 6.58. The van der Waals surface area contributed by atoms with Gasteiger partial charge < -0.3 is 10.0 Å². The highest BCUT2D eigenvalue weighted by atomic mass is 16.3. The van der Waals surface area contributed by atoms with Crippen LogP contribution in [-0.4, -0.2) is 33.8 Å². The molecule has 1 aromatic carbocycles. The Balaban J connectivity index is 1.80. The zero-order chi connectivity index (χ0) is 18.8. The Morgan fingerprint density at radius 2 is 1.89 bits per heavy atom. The van der Waals surface area contributed by atoms with Crippen molar-refractivity contribution in [2.24, 2.45) is 0 Å². The Labute approximate surface area is 157 Å². The molecule has 1 amide bonds. The summed E-state index contributed by atoms with van der Waals surface area (Å²) in [6, 6.07) is 9.92. The van der Waals surface area contributed by atoms with Gasteiger partial charge in [0.05, 0.1) is 5.54 Å². The van der Waals surface area contributed by atoms with Gasteiger partial charge in [0.1, 0.15) is 6.17 Å². The molecule has 6 nitrogen and oxygen atoms in total. The average molecular weight is 365 g/mol. The molecule has 2 atom stereocenters. The van der Waals surface area contributed by atoms with Crippen LogP contribution in [-0.2, 0) is 12.0 Å². The molecule has 0 saturated carbocycles. The molecule has 6 heteroatoms. The van der Waals surface area contributed by atoms with Gasteiger partial charge in [0.15, 0.2) is 11.4 Å². The zero-order valence-corrected chi connectivity index (χ0v) is 15.4. The highest BCUT2D eigenvalue weighted by molar-refractivity contribution is 5.96. The van der Waals surface area contributed by atoms with E-state index in [-0.39, 0.29) is 23.3 Å². The fourth-order valence-electron chi connectivity index (χ4n) is 5.40. The van der Waals surface area contributed by atoms with Crippen LogP contribution < -0.4 is 10.4 Å². The molecule has 27 heavy (non-hydrogen) atoms. The number of hydrogen-bond donors (Lipinski definition) is 1. The zero-order valence-electron chi connectivity index (χ0n) is 15.4. The first-order valence-electron chi connectivity index (χ1n) is 9.64. The van der Waals surface area contributed by atoms with Gasteiger partial charge in [-0.1, -0.05) is 24.3 Å². The molecule has 1 saturated heterocycles. The maximum Gasteiger partial charge on any atom is 0.277 e. The summed E-state index contributed by atoms with van der Waals surface area (Å²) < 4.78 is 1.75. The van der Waals surface area contributed by atoms with E-state index >= 15 is 0 Å². The van der Waals surface area contributed by atoms with Gasteiger partial charge in [-0.05, 0) is 49.7 Å². The van der Waals surface area contributed by atoms with Crippen molar-refractivity contribution in [1.82, 2.24) is 9.58 Å². The number of piperidine rings is 1. The van der Waals surface area contributed by atoms with Crippen LogP contribution in [0.25, 0.3) is 0 Å². The molecule has 1 aromatic heterocycles. The lowest BCUT2D eigenvalue weighted by molar-refractivity contribution is 0.0420. The Hall–Kier alpha value is -2.76. The summed E-state index contributed by atoms with van der Waals surface area (Å²) in [6.45, 7) is 0. The lowest BCUT2D eigenvalue weighted by Gasteiger charge is -2.59. The Morgan fingerprint density at radius 3 is 2.74 bits per heavy atom. The van der Waals surface area contributed by atoms with Gasteiger partial charge in [0.25, 0.3) is 5.91 Å². The van der Waals surface area contributed by atoms with Crippen LogP contribution in [0.3, 0.4) is 0 Å². The predicted molar refractivity (Wildman–Crippen MR) is 101 cm³/mol. The molecule has 1 fully saturated rings. The molecule has 3 aliphatic rings. The van der Waals surface area contributed by atoms with Crippen LogP contribution in [0.15, 0.2) is 41.3 Å². The van der Waals surface area contributed by atoms with Crippen molar-refractivity contribution < 1.29 is 9.90 Å². The van der Waals surface area contributed by atoms with E-state index in [1.165, 1.54) is 17.2 Å². The van der Waals surface area contributed by atoms with Crippen molar-refractivity contribution in [2.45, 2.75) is 50.2 Å². The number of carbonyl (C=O) groups is 1. The number of nitrogens with zero attached hydrogens (tertiary/aromatic N) is 3. The van der Waals surface area contributed by atoms with Gasteiger partial charge in [-0.2, -0.15) is 0 Å². The first-order valence-corrected chi connectivity index (χ1v) is 9.64. The van der Waals surface area contributed by atoms with Crippen LogP contribution in [0, 0.1) is 0 Å². The number of aryl methyl sites for hydroxylation is 1. The quantitative estimate of drug-likeness (QED) is 0.778. The SMILES string of the molecule is CN1C(=O)c2c(O)c(=O)ccn2N2C1CCCC21CCCc2ccccc21. The number of amides is 1. The van der Waals surface area contributed by atoms with E-state index in [9.17, 15) is 14.7 Å². The summed E-state index contributed by atoms with van der Waals surface area (Å²) in [6.07, 6.45) is 7.61. The van der Waals surface area contributed by atoms with E-state index in [0.29, 0.717) is 0 Å². The van der Waals surface area contributed by atoms with Crippen LogP contribution in [0.2, 0.25) is 0 Å². The van der Waals surface area contributed by atoms with Crippen molar-refractivity contribution in [2.75, 3.05) is 12.1 Å². The predicted octanol–water partition coefficient (Wildman–Crippen LogP) is 2.32. The molecule has 140 valence electrons. The number of carbonyl (C=O) groups excluding carboxylic acids is 1. The minimum atomic E-state index is -0.517. The van der Waals surface area contributed by atoms with Crippen molar-refractivity contribution in [3.63, 3.8) is 0 Å². The summed E-state index contributed by atoms with van der Waals surface area (Å²) >= 11 is 0. The number of hydrogen-bond acceptors (Lipinski definition) is 4. The molecular formula is C21H23N3O3. The summed E-state index contributed by atoms with van der Waals surface area (Å²) in [5.74, 6) is -0.759. The summed E-state index contributed by atoms with van der Waals surface area (Å²) in [4.78, 5) is 26.6. The topological polar surface area (TPSA) is 65.8 Å². The van der Waals surface area contributed by atoms with Crippen LogP contribution >= 0.6 is 0 Å².